The molecule has 0 unspecified atom stereocenters. The number of rotatable bonds is 4. The molecule has 1 aliphatic rings. The third kappa shape index (κ3) is 3.10. The molecule has 1 saturated heterocycles. The van der Waals surface area contributed by atoms with Gasteiger partial charge in [-0.1, -0.05) is 79.9 Å². The minimum atomic E-state index is -1.28. The molecule has 1 aromatic carbocycles. The van der Waals surface area contributed by atoms with Crippen molar-refractivity contribution < 1.29 is 0 Å². The molecule has 0 atom stereocenters. The molecule has 0 nitrogen and oxygen atoms in total. The maximum atomic E-state index is 2.64. The maximum absolute atomic E-state index is 2.64. The lowest BCUT2D eigenvalue weighted by Crippen LogP contribution is -2.47. The van der Waals surface area contributed by atoms with Crippen molar-refractivity contribution in [3.05, 3.63) is 42.1 Å². The zero-order chi connectivity index (χ0) is 12.0. The van der Waals surface area contributed by atoms with Gasteiger partial charge in [-0.25, -0.2) is 0 Å². The average Bonchev–Trinajstić information content (AvgIpc) is 2.41. The molecule has 0 N–H and O–H groups in total. The summed E-state index contributed by atoms with van der Waals surface area (Å²) in [7, 11) is -1.28. The lowest BCUT2D eigenvalue weighted by Gasteiger charge is -2.33. The van der Waals surface area contributed by atoms with Crippen molar-refractivity contribution in [2.45, 2.75) is 51.1 Å². The van der Waals surface area contributed by atoms with Gasteiger partial charge in [-0.15, -0.1) is 0 Å². The van der Waals surface area contributed by atoms with Crippen LogP contribution in [0.4, 0.5) is 0 Å². The quantitative estimate of drug-likeness (QED) is 0.688. The van der Waals surface area contributed by atoms with Gasteiger partial charge in [-0.05, 0) is 18.5 Å². The zero-order valence-electron chi connectivity index (χ0n) is 11.0. The number of hydrogen-bond donors (Lipinski definition) is 0. The van der Waals surface area contributed by atoms with E-state index in [1.165, 1.54) is 44.2 Å². The van der Waals surface area contributed by atoms with Crippen LogP contribution in [0.2, 0.25) is 12.1 Å². The van der Waals surface area contributed by atoms with Crippen LogP contribution >= 0.6 is 0 Å². The van der Waals surface area contributed by atoms with Gasteiger partial charge < -0.3 is 0 Å². The molecule has 1 aromatic rings. The van der Waals surface area contributed by atoms with Gasteiger partial charge >= 0.3 is 0 Å². The smallest absolute Gasteiger partial charge is 0.0939 e. The molecular formula is C16H24Si. The Hall–Kier alpha value is -0.823. The van der Waals surface area contributed by atoms with E-state index in [1.54, 1.807) is 5.19 Å². The van der Waals surface area contributed by atoms with Gasteiger partial charge in [0, 0.05) is 0 Å². The van der Waals surface area contributed by atoms with Crippen molar-refractivity contribution in [3.8, 4) is 0 Å². The molecule has 2 rings (SSSR count). The van der Waals surface area contributed by atoms with E-state index in [1.807, 2.05) is 0 Å². The monoisotopic (exact) mass is 244 g/mol. The number of benzene rings is 1. The summed E-state index contributed by atoms with van der Waals surface area (Å²) in [5.74, 6) is 0. The molecule has 0 amide bonds. The van der Waals surface area contributed by atoms with Crippen LogP contribution in [0.3, 0.4) is 0 Å². The normalized spacial score (nSPS) is 19.6. The SMILES string of the molecule is CCC/C=C/[Si]1(c2ccccc2)CCCCC1. The summed E-state index contributed by atoms with van der Waals surface area (Å²) in [5, 5.41) is 1.66. The van der Waals surface area contributed by atoms with Crippen LogP contribution in [0.5, 0.6) is 0 Å². The summed E-state index contributed by atoms with van der Waals surface area (Å²) in [6.07, 6.45) is 9.32. The fourth-order valence-corrected chi connectivity index (χ4v) is 7.57. The Kier molecular flexibility index (Phi) is 4.61. The molecule has 1 heterocycles. The third-order valence-electron chi connectivity index (χ3n) is 3.99. The lowest BCUT2D eigenvalue weighted by atomic mass is 10.3. The summed E-state index contributed by atoms with van der Waals surface area (Å²) in [6, 6.07) is 14.2. The van der Waals surface area contributed by atoms with Crippen LogP contribution in [0.15, 0.2) is 42.1 Å². The molecule has 0 saturated carbocycles. The van der Waals surface area contributed by atoms with Gasteiger partial charge in [0.05, 0.1) is 0 Å². The Balaban J connectivity index is 2.23. The van der Waals surface area contributed by atoms with Crippen LogP contribution in [0.25, 0.3) is 0 Å². The van der Waals surface area contributed by atoms with E-state index in [4.69, 9.17) is 0 Å². The van der Waals surface area contributed by atoms with E-state index in [0.717, 1.165) is 0 Å². The Morgan fingerprint density at radius 3 is 2.41 bits per heavy atom. The van der Waals surface area contributed by atoms with Crippen LogP contribution in [0.1, 0.15) is 39.0 Å². The Labute approximate surface area is 107 Å². The summed E-state index contributed by atoms with van der Waals surface area (Å²) in [6.45, 7) is 2.27. The predicted octanol–water partition coefficient (Wildman–Crippen LogP) is 4.42. The third-order valence-corrected chi connectivity index (χ3v) is 8.84. The second kappa shape index (κ2) is 6.20. The Morgan fingerprint density at radius 2 is 1.76 bits per heavy atom. The van der Waals surface area contributed by atoms with E-state index in [9.17, 15) is 0 Å². The number of hydrogen-bond acceptors (Lipinski definition) is 0. The van der Waals surface area contributed by atoms with Crippen molar-refractivity contribution >= 4 is 13.3 Å². The first-order valence-corrected chi connectivity index (χ1v) is 9.60. The average molecular weight is 244 g/mol. The van der Waals surface area contributed by atoms with Crippen LogP contribution in [-0.4, -0.2) is 8.07 Å². The zero-order valence-corrected chi connectivity index (χ0v) is 12.0. The van der Waals surface area contributed by atoms with Crippen LogP contribution in [-0.2, 0) is 0 Å². The summed E-state index contributed by atoms with van der Waals surface area (Å²) < 4.78 is 0. The van der Waals surface area contributed by atoms with E-state index in [2.05, 4.69) is 49.0 Å². The standard InChI is InChI=1S/C16H24Si/c1-2-3-8-13-17(14-9-5-10-15-17)16-11-6-4-7-12-16/h4,6-8,11-13H,2-3,5,9-10,14-15H2,1H3/b13-8+. The molecule has 0 radical (unpaired) electrons. The van der Waals surface area contributed by atoms with E-state index in [-0.39, 0.29) is 0 Å². The lowest BCUT2D eigenvalue weighted by molar-refractivity contribution is 0.719. The highest BCUT2D eigenvalue weighted by Crippen LogP contribution is 2.29. The van der Waals surface area contributed by atoms with Crippen LogP contribution in [0, 0.1) is 0 Å². The van der Waals surface area contributed by atoms with Gasteiger partial charge in [0.25, 0.3) is 0 Å². The number of unbranched alkanes of at least 4 members (excludes halogenated alkanes) is 1. The molecule has 0 spiro atoms. The highest BCUT2D eigenvalue weighted by molar-refractivity contribution is 6.96. The van der Waals surface area contributed by atoms with Gasteiger partial charge in [0.1, 0.15) is 8.07 Å². The summed E-state index contributed by atoms with van der Waals surface area (Å²) >= 11 is 0. The highest BCUT2D eigenvalue weighted by Gasteiger charge is 2.33. The topological polar surface area (TPSA) is 0 Å². The van der Waals surface area contributed by atoms with Gasteiger partial charge in [-0.2, -0.15) is 0 Å². The molecule has 1 heteroatoms. The Bertz CT molecular complexity index is 347. The maximum Gasteiger partial charge on any atom is 0.109 e. The molecule has 1 aliphatic heterocycles. The van der Waals surface area contributed by atoms with Gasteiger partial charge in [-0.3, -0.25) is 0 Å². The minimum Gasteiger partial charge on any atom is -0.0939 e. The van der Waals surface area contributed by atoms with Crippen molar-refractivity contribution in [2.75, 3.05) is 0 Å². The van der Waals surface area contributed by atoms with E-state index >= 15 is 0 Å². The first kappa shape index (κ1) is 12.6. The first-order chi connectivity index (χ1) is 8.37. The van der Waals surface area contributed by atoms with Gasteiger partial charge in [0.15, 0.2) is 0 Å². The van der Waals surface area contributed by atoms with E-state index < -0.39 is 8.07 Å². The highest BCUT2D eigenvalue weighted by atomic mass is 28.3. The summed E-state index contributed by atoms with van der Waals surface area (Å²) in [5.41, 5.74) is 2.64. The fraction of sp³-hybridized carbons (Fsp3) is 0.500. The second-order valence-electron chi connectivity index (χ2n) is 5.27. The molecule has 0 aliphatic carbocycles. The molecule has 0 aromatic heterocycles. The van der Waals surface area contributed by atoms with Crippen molar-refractivity contribution in [2.24, 2.45) is 0 Å². The second-order valence-corrected chi connectivity index (χ2v) is 9.50. The largest absolute Gasteiger partial charge is 0.109 e. The van der Waals surface area contributed by atoms with Gasteiger partial charge in [0.2, 0.25) is 0 Å². The van der Waals surface area contributed by atoms with Crippen LogP contribution < -0.4 is 5.19 Å². The first-order valence-electron chi connectivity index (χ1n) is 7.11. The predicted molar refractivity (Wildman–Crippen MR) is 79.3 cm³/mol. The number of allylic oxidation sites excluding steroid dienone is 1. The summed E-state index contributed by atoms with van der Waals surface area (Å²) in [4.78, 5) is 0. The minimum absolute atomic E-state index is 1.25. The molecule has 92 valence electrons. The fourth-order valence-electron chi connectivity index (χ4n) is 2.98. The van der Waals surface area contributed by atoms with Crippen molar-refractivity contribution in [1.82, 2.24) is 0 Å². The molecule has 0 bridgehead atoms. The van der Waals surface area contributed by atoms with E-state index in [0.29, 0.717) is 0 Å². The Morgan fingerprint density at radius 1 is 1.06 bits per heavy atom. The van der Waals surface area contributed by atoms with Crippen molar-refractivity contribution in [1.29, 1.82) is 0 Å². The van der Waals surface area contributed by atoms with Crippen molar-refractivity contribution in [3.63, 3.8) is 0 Å². The molecule has 17 heavy (non-hydrogen) atoms. The molecule has 1 fully saturated rings. The molecular weight excluding hydrogens is 220 g/mol.